The Morgan fingerprint density at radius 3 is 1.81 bits per heavy atom. The Bertz CT molecular complexity index is 3210. The number of nitrogens with zero attached hydrogens (tertiary/aromatic N) is 1. The molecule has 0 N–H and O–H groups in total. The van der Waals surface area contributed by atoms with E-state index in [2.05, 4.69) is 193 Å². The van der Waals surface area contributed by atoms with Crippen LogP contribution in [0.3, 0.4) is 0 Å². The van der Waals surface area contributed by atoms with E-state index in [1.807, 2.05) is 12.1 Å². The molecule has 0 aliphatic heterocycles. The molecule has 1 heterocycles. The minimum absolute atomic E-state index is 0.911. The van der Waals surface area contributed by atoms with E-state index in [-0.39, 0.29) is 0 Å². The minimum Gasteiger partial charge on any atom is -0.456 e. The van der Waals surface area contributed by atoms with Crippen molar-refractivity contribution in [2.75, 3.05) is 4.90 Å². The first-order chi connectivity index (χ1) is 26.8. The summed E-state index contributed by atoms with van der Waals surface area (Å²) < 4.78 is 6.24. The first-order valence-electron chi connectivity index (χ1n) is 18.5. The Labute approximate surface area is 312 Å². The molecule has 54 heavy (non-hydrogen) atoms. The highest BCUT2D eigenvalue weighted by molar-refractivity contribution is 6.21. The fourth-order valence-electron chi connectivity index (χ4n) is 8.46. The standard InChI is InChI=1S/C52H33NO/c1-2-10-35(11-3-1)43-13-6-8-16-48(43)53(42-28-30-46-40(33-42)25-31-50-52(46)47-15-7-9-17-49(47)54-50)41-26-22-34(23-27-41)38-24-29-45-39(32-38)21-20-37-19-18-36-12-4-5-14-44(36)51(37)45/h1-33H. The zero-order valence-electron chi connectivity index (χ0n) is 29.4. The molecule has 0 atom stereocenters. The van der Waals surface area contributed by atoms with Gasteiger partial charge in [0.2, 0.25) is 0 Å². The number of benzene rings is 10. The average Bonchev–Trinajstić information content (AvgIpc) is 3.63. The largest absolute Gasteiger partial charge is 0.456 e. The van der Waals surface area contributed by atoms with Crippen LogP contribution in [0.4, 0.5) is 17.1 Å². The average molecular weight is 688 g/mol. The van der Waals surface area contributed by atoms with Gasteiger partial charge < -0.3 is 9.32 Å². The van der Waals surface area contributed by atoms with Crippen LogP contribution in [0.2, 0.25) is 0 Å². The Kier molecular flexibility index (Phi) is 6.90. The van der Waals surface area contributed by atoms with Gasteiger partial charge in [-0.1, -0.05) is 152 Å². The maximum Gasteiger partial charge on any atom is 0.136 e. The van der Waals surface area contributed by atoms with Crippen LogP contribution in [0.5, 0.6) is 0 Å². The molecule has 0 spiro atoms. The lowest BCUT2D eigenvalue weighted by Crippen LogP contribution is -2.11. The fourth-order valence-corrected chi connectivity index (χ4v) is 8.46. The van der Waals surface area contributed by atoms with Crippen molar-refractivity contribution in [2.24, 2.45) is 0 Å². The van der Waals surface area contributed by atoms with E-state index in [0.29, 0.717) is 0 Å². The summed E-state index contributed by atoms with van der Waals surface area (Å²) in [5.74, 6) is 0. The van der Waals surface area contributed by atoms with Crippen LogP contribution >= 0.6 is 0 Å². The third-order valence-corrected chi connectivity index (χ3v) is 11.0. The second-order valence-corrected chi connectivity index (χ2v) is 14.1. The lowest BCUT2D eigenvalue weighted by molar-refractivity contribution is 0.669. The van der Waals surface area contributed by atoms with Crippen molar-refractivity contribution in [3.05, 3.63) is 200 Å². The zero-order valence-corrected chi connectivity index (χ0v) is 29.4. The van der Waals surface area contributed by atoms with Crippen LogP contribution in [0.15, 0.2) is 205 Å². The molecule has 0 saturated heterocycles. The molecule has 1 aromatic heterocycles. The van der Waals surface area contributed by atoms with Crippen molar-refractivity contribution < 1.29 is 4.42 Å². The highest BCUT2D eigenvalue weighted by atomic mass is 16.3. The summed E-state index contributed by atoms with van der Waals surface area (Å²) in [6, 6.07) is 72.3. The van der Waals surface area contributed by atoms with Crippen molar-refractivity contribution in [3.63, 3.8) is 0 Å². The van der Waals surface area contributed by atoms with Gasteiger partial charge in [-0.3, -0.25) is 0 Å². The monoisotopic (exact) mass is 687 g/mol. The fraction of sp³-hybridized carbons (Fsp3) is 0. The van der Waals surface area contributed by atoms with E-state index in [0.717, 1.165) is 39.0 Å². The molecular weight excluding hydrogens is 655 g/mol. The normalized spacial score (nSPS) is 11.7. The summed E-state index contributed by atoms with van der Waals surface area (Å²) in [5.41, 5.74) is 9.87. The molecule has 10 aromatic carbocycles. The van der Waals surface area contributed by atoms with E-state index in [9.17, 15) is 0 Å². The van der Waals surface area contributed by atoms with Gasteiger partial charge in [0.15, 0.2) is 0 Å². The molecule has 0 saturated carbocycles. The van der Waals surface area contributed by atoms with Gasteiger partial charge in [-0.25, -0.2) is 0 Å². The lowest BCUT2D eigenvalue weighted by Gasteiger charge is -2.28. The van der Waals surface area contributed by atoms with Crippen LogP contribution in [0.1, 0.15) is 0 Å². The summed E-state index contributed by atoms with van der Waals surface area (Å²) >= 11 is 0. The Morgan fingerprint density at radius 1 is 0.315 bits per heavy atom. The molecule has 11 aromatic rings. The van der Waals surface area contributed by atoms with E-state index in [1.165, 1.54) is 65.3 Å². The summed E-state index contributed by atoms with van der Waals surface area (Å²) in [6.07, 6.45) is 0. The molecule has 0 bridgehead atoms. The molecule has 252 valence electrons. The second kappa shape index (κ2) is 12.2. The van der Waals surface area contributed by atoms with E-state index in [1.54, 1.807) is 0 Å². The van der Waals surface area contributed by atoms with Gasteiger partial charge in [0.1, 0.15) is 11.2 Å². The highest BCUT2D eigenvalue weighted by Crippen LogP contribution is 2.44. The maximum atomic E-state index is 6.24. The summed E-state index contributed by atoms with van der Waals surface area (Å²) in [7, 11) is 0. The molecule has 0 aliphatic carbocycles. The number of rotatable bonds is 5. The molecule has 0 amide bonds. The Balaban J connectivity index is 1.05. The molecule has 2 nitrogen and oxygen atoms in total. The Morgan fingerprint density at radius 2 is 0.926 bits per heavy atom. The van der Waals surface area contributed by atoms with Crippen molar-refractivity contribution in [3.8, 4) is 22.3 Å². The third kappa shape index (κ3) is 4.88. The van der Waals surface area contributed by atoms with Gasteiger partial charge in [0.25, 0.3) is 0 Å². The summed E-state index contributed by atoms with van der Waals surface area (Å²) in [6.45, 7) is 0. The number of anilines is 3. The van der Waals surface area contributed by atoms with Crippen molar-refractivity contribution in [1.29, 1.82) is 0 Å². The topological polar surface area (TPSA) is 16.4 Å². The molecule has 0 unspecified atom stereocenters. The van der Waals surface area contributed by atoms with Crippen LogP contribution in [-0.4, -0.2) is 0 Å². The first kappa shape index (κ1) is 30.5. The number of hydrogen-bond acceptors (Lipinski definition) is 2. The molecule has 2 heteroatoms. The second-order valence-electron chi connectivity index (χ2n) is 14.1. The SMILES string of the molecule is c1ccc(-c2ccccc2N(c2ccc(-c3ccc4c(ccc5ccc6ccccc6c54)c3)cc2)c2ccc3c(ccc4oc5ccccc5c43)c2)cc1. The smallest absolute Gasteiger partial charge is 0.136 e. The molecule has 0 radical (unpaired) electrons. The van der Waals surface area contributed by atoms with E-state index >= 15 is 0 Å². The first-order valence-corrected chi connectivity index (χ1v) is 18.5. The minimum atomic E-state index is 0.911. The van der Waals surface area contributed by atoms with Gasteiger partial charge in [-0.15, -0.1) is 0 Å². The van der Waals surface area contributed by atoms with Gasteiger partial charge >= 0.3 is 0 Å². The predicted molar refractivity (Wildman–Crippen MR) is 229 cm³/mol. The van der Waals surface area contributed by atoms with Gasteiger partial charge in [-0.2, -0.15) is 0 Å². The summed E-state index contributed by atoms with van der Waals surface area (Å²) in [4.78, 5) is 2.39. The van der Waals surface area contributed by atoms with Crippen molar-refractivity contribution in [2.45, 2.75) is 0 Å². The molecule has 0 fully saturated rings. The predicted octanol–water partition coefficient (Wildman–Crippen LogP) is 15.0. The Hall–Kier alpha value is -7.16. The lowest BCUT2D eigenvalue weighted by atomic mass is 9.94. The highest BCUT2D eigenvalue weighted by Gasteiger charge is 2.19. The molecule has 11 rings (SSSR count). The van der Waals surface area contributed by atoms with E-state index < -0.39 is 0 Å². The van der Waals surface area contributed by atoms with Crippen LogP contribution in [0.25, 0.3) is 87.3 Å². The molecule has 0 aliphatic rings. The molecular formula is C52H33NO. The summed E-state index contributed by atoms with van der Waals surface area (Å²) in [5, 5.41) is 12.3. The zero-order chi connectivity index (χ0) is 35.6. The quantitative estimate of drug-likeness (QED) is 0.168. The van der Waals surface area contributed by atoms with Crippen LogP contribution in [0, 0.1) is 0 Å². The van der Waals surface area contributed by atoms with Crippen molar-refractivity contribution >= 4 is 82.1 Å². The van der Waals surface area contributed by atoms with Crippen LogP contribution in [-0.2, 0) is 0 Å². The number of hydrogen-bond donors (Lipinski definition) is 0. The van der Waals surface area contributed by atoms with Gasteiger partial charge in [-0.05, 0) is 108 Å². The third-order valence-electron chi connectivity index (χ3n) is 11.0. The number of para-hydroxylation sites is 2. The maximum absolute atomic E-state index is 6.24. The number of fused-ring (bicyclic) bond motifs is 10. The van der Waals surface area contributed by atoms with Crippen LogP contribution < -0.4 is 4.90 Å². The van der Waals surface area contributed by atoms with Gasteiger partial charge in [0, 0.05) is 27.7 Å². The number of furan rings is 1. The van der Waals surface area contributed by atoms with Crippen molar-refractivity contribution in [1.82, 2.24) is 0 Å². The van der Waals surface area contributed by atoms with Gasteiger partial charge in [0.05, 0.1) is 5.69 Å². The van der Waals surface area contributed by atoms with E-state index in [4.69, 9.17) is 4.42 Å².